The van der Waals surface area contributed by atoms with Crippen LogP contribution in [0.25, 0.3) is 11.0 Å². The fourth-order valence-corrected chi connectivity index (χ4v) is 4.29. The van der Waals surface area contributed by atoms with Gasteiger partial charge in [0, 0.05) is 37.8 Å². The van der Waals surface area contributed by atoms with Crippen molar-refractivity contribution in [3.05, 3.63) is 47.5 Å². The summed E-state index contributed by atoms with van der Waals surface area (Å²) in [7, 11) is 1.57. The number of nitrogens with zero attached hydrogens (tertiary/aromatic N) is 5. The normalized spacial score (nSPS) is 15.9. The maximum absolute atomic E-state index is 14.7. The Bertz CT molecular complexity index is 1150. The van der Waals surface area contributed by atoms with Crippen molar-refractivity contribution < 1.29 is 17.9 Å². The lowest BCUT2D eigenvalue weighted by atomic mass is 10.0. The highest BCUT2D eigenvalue weighted by Gasteiger charge is 2.24. The van der Waals surface area contributed by atoms with Gasteiger partial charge in [-0.15, -0.1) is 0 Å². The highest BCUT2D eigenvalue weighted by Crippen LogP contribution is 2.34. The Morgan fingerprint density at radius 3 is 2.38 bits per heavy atom. The molecule has 1 atom stereocenters. The Balaban J connectivity index is 1.67. The third-order valence-corrected chi connectivity index (χ3v) is 6.26. The van der Waals surface area contributed by atoms with E-state index in [-0.39, 0.29) is 5.56 Å². The minimum Gasteiger partial charge on any atom is -0.479 e. The zero-order valence-electron chi connectivity index (χ0n) is 19.7. The molecule has 0 amide bonds. The van der Waals surface area contributed by atoms with Crippen LogP contribution in [0.1, 0.15) is 44.4 Å². The number of pyridine rings is 1. The predicted molar refractivity (Wildman–Crippen MR) is 126 cm³/mol. The predicted octanol–water partition coefficient (Wildman–Crippen LogP) is 4.81. The van der Waals surface area contributed by atoms with Crippen molar-refractivity contribution in [1.82, 2.24) is 19.9 Å². The van der Waals surface area contributed by atoms with E-state index in [1.165, 1.54) is 18.5 Å². The van der Waals surface area contributed by atoms with E-state index in [4.69, 9.17) is 4.74 Å². The second kappa shape index (κ2) is 10.0. The molecular weight excluding hydrogens is 445 g/mol. The molecule has 7 nitrogen and oxygen atoms in total. The van der Waals surface area contributed by atoms with Crippen LogP contribution in [0.5, 0.6) is 5.88 Å². The van der Waals surface area contributed by atoms with Gasteiger partial charge >= 0.3 is 0 Å². The smallest absolute Gasteiger partial charge is 0.266 e. The summed E-state index contributed by atoms with van der Waals surface area (Å²) in [6, 6.07) is 5.80. The molecule has 3 aromatic rings. The minimum absolute atomic E-state index is 0.135. The Morgan fingerprint density at radius 2 is 1.74 bits per heavy atom. The van der Waals surface area contributed by atoms with Crippen molar-refractivity contribution in [2.24, 2.45) is 0 Å². The summed E-state index contributed by atoms with van der Waals surface area (Å²) in [6.45, 7) is 9.55. The van der Waals surface area contributed by atoms with E-state index in [0.717, 1.165) is 37.9 Å². The second-order valence-corrected chi connectivity index (χ2v) is 8.64. The number of alkyl halides is 2. The van der Waals surface area contributed by atoms with Gasteiger partial charge < -0.3 is 15.0 Å². The molecule has 1 saturated heterocycles. The topological polar surface area (TPSA) is 66.4 Å². The monoisotopic (exact) mass is 474 g/mol. The van der Waals surface area contributed by atoms with Gasteiger partial charge in [-0.05, 0) is 26.8 Å². The maximum atomic E-state index is 14.7. The number of halogens is 3. The van der Waals surface area contributed by atoms with Gasteiger partial charge in [0.2, 0.25) is 5.88 Å². The number of hydrogen-bond donors (Lipinski definition) is 1. The number of nitrogens with one attached hydrogen (secondary N) is 1. The summed E-state index contributed by atoms with van der Waals surface area (Å²) in [5.41, 5.74) is 0.770. The van der Waals surface area contributed by atoms with E-state index < -0.39 is 23.8 Å². The van der Waals surface area contributed by atoms with Crippen LogP contribution in [0.4, 0.5) is 24.7 Å². The van der Waals surface area contributed by atoms with Gasteiger partial charge in [-0.2, -0.15) is 4.98 Å². The molecule has 2 aromatic heterocycles. The lowest BCUT2D eigenvalue weighted by molar-refractivity contribution is 0.146. The van der Waals surface area contributed by atoms with E-state index in [9.17, 15) is 13.2 Å². The lowest BCUT2D eigenvalue weighted by Crippen LogP contribution is -2.49. The van der Waals surface area contributed by atoms with E-state index in [1.807, 2.05) is 6.07 Å². The second-order valence-electron chi connectivity index (χ2n) is 8.64. The SMILES string of the molecule is COc1nc2ncnc(N[C@H](C)c3cccc(C(F)F)c3F)c2cc1N1CCN(C(C)C)CC1. The first-order chi connectivity index (χ1) is 16.3. The van der Waals surface area contributed by atoms with Gasteiger partial charge in [0.1, 0.15) is 23.6 Å². The van der Waals surface area contributed by atoms with Gasteiger partial charge in [0.15, 0.2) is 5.65 Å². The van der Waals surface area contributed by atoms with Crippen LogP contribution in [0.15, 0.2) is 30.6 Å². The first kappa shape index (κ1) is 24.0. The van der Waals surface area contributed by atoms with Crippen LogP contribution < -0.4 is 15.0 Å². The third-order valence-electron chi connectivity index (χ3n) is 6.26. The third kappa shape index (κ3) is 4.72. The molecule has 0 spiro atoms. The van der Waals surface area contributed by atoms with Crippen LogP contribution in [0.3, 0.4) is 0 Å². The van der Waals surface area contributed by atoms with Gasteiger partial charge in [-0.25, -0.2) is 23.1 Å². The molecule has 0 unspecified atom stereocenters. The fourth-order valence-electron chi connectivity index (χ4n) is 4.29. The molecule has 0 aliphatic carbocycles. The average Bonchev–Trinajstić information content (AvgIpc) is 2.83. The Kier molecular flexibility index (Phi) is 7.06. The van der Waals surface area contributed by atoms with Crippen LogP contribution in [-0.2, 0) is 0 Å². The van der Waals surface area contributed by atoms with E-state index in [0.29, 0.717) is 28.8 Å². The fraction of sp³-hybridized carbons (Fsp3) is 0.458. The van der Waals surface area contributed by atoms with Crippen LogP contribution in [-0.4, -0.2) is 59.2 Å². The summed E-state index contributed by atoms with van der Waals surface area (Å²) in [5.74, 6) is -0.00480. The summed E-state index contributed by atoms with van der Waals surface area (Å²) < 4.78 is 46.6. The molecular formula is C24H29F3N6O. The number of aromatic nitrogens is 3. The number of piperazine rings is 1. The van der Waals surface area contributed by atoms with Crippen LogP contribution in [0, 0.1) is 5.82 Å². The number of anilines is 2. The molecule has 0 radical (unpaired) electrons. The molecule has 10 heteroatoms. The first-order valence-corrected chi connectivity index (χ1v) is 11.3. The van der Waals surface area contributed by atoms with Crippen molar-refractivity contribution in [3.8, 4) is 5.88 Å². The maximum Gasteiger partial charge on any atom is 0.266 e. The molecule has 4 rings (SSSR count). The van der Waals surface area contributed by atoms with E-state index >= 15 is 0 Å². The van der Waals surface area contributed by atoms with Crippen LogP contribution >= 0.6 is 0 Å². The van der Waals surface area contributed by atoms with Gasteiger partial charge in [0.25, 0.3) is 6.43 Å². The number of hydrogen-bond acceptors (Lipinski definition) is 7. The zero-order chi connectivity index (χ0) is 24.4. The Hall–Kier alpha value is -3.14. The van der Waals surface area contributed by atoms with Crippen molar-refractivity contribution in [2.75, 3.05) is 43.5 Å². The van der Waals surface area contributed by atoms with Crippen molar-refractivity contribution >= 4 is 22.5 Å². The zero-order valence-corrected chi connectivity index (χ0v) is 19.7. The molecule has 0 bridgehead atoms. The number of methoxy groups -OCH3 is 1. The molecule has 1 aromatic carbocycles. The number of rotatable bonds is 7. The first-order valence-electron chi connectivity index (χ1n) is 11.3. The Labute approximate surface area is 197 Å². The molecule has 1 N–H and O–H groups in total. The molecule has 182 valence electrons. The number of fused-ring (bicyclic) bond motifs is 1. The van der Waals surface area contributed by atoms with Crippen molar-refractivity contribution in [1.29, 1.82) is 0 Å². The van der Waals surface area contributed by atoms with E-state index in [1.54, 1.807) is 14.0 Å². The highest BCUT2D eigenvalue weighted by molar-refractivity contribution is 5.90. The minimum atomic E-state index is -2.89. The average molecular weight is 475 g/mol. The molecule has 34 heavy (non-hydrogen) atoms. The number of ether oxygens (including phenoxy) is 1. The molecule has 1 fully saturated rings. The van der Waals surface area contributed by atoms with Gasteiger partial charge in [-0.3, -0.25) is 4.90 Å². The van der Waals surface area contributed by atoms with Gasteiger partial charge in [0.05, 0.1) is 24.1 Å². The van der Waals surface area contributed by atoms with Crippen molar-refractivity contribution in [3.63, 3.8) is 0 Å². The highest BCUT2D eigenvalue weighted by atomic mass is 19.3. The molecule has 0 saturated carbocycles. The van der Waals surface area contributed by atoms with Gasteiger partial charge in [-0.1, -0.05) is 18.2 Å². The standard InChI is InChI=1S/C24H29F3N6O/c1-14(2)32-8-10-33(11-9-32)19-12-18-22(28-13-29-23(18)31-24(19)34-4)30-15(3)16-6-5-7-17(20(16)25)21(26)27/h5-7,12-15,21H,8-11H2,1-4H3,(H,28,29,30,31)/t15-/m1/s1. The van der Waals surface area contributed by atoms with E-state index in [2.05, 4.69) is 43.9 Å². The summed E-state index contributed by atoms with van der Waals surface area (Å²) in [6.07, 6.45) is -1.53. The quantitative estimate of drug-likeness (QED) is 0.527. The largest absolute Gasteiger partial charge is 0.479 e. The molecule has 1 aliphatic rings. The van der Waals surface area contributed by atoms with Crippen molar-refractivity contribution in [2.45, 2.75) is 39.3 Å². The summed E-state index contributed by atoms with van der Waals surface area (Å²) in [5, 5.41) is 3.79. The lowest BCUT2D eigenvalue weighted by Gasteiger charge is -2.38. The number of benzene rings is 1. The Morgan fingerprint density at radius 1 is 1.03 bits per heavy atom. The van der Waals surface area contributed by atoms with Crippen LogP contribution in [0.2, 0.25) is 0 Å². The summed E-state index contributed by atoms with van der Waals surface area (Å²) >= 11 is 0. The summed E-state index contributed by atoms with van der Waals surface area (Å²) in [4.78, 5) is 17.8. The molecule has 3 heterocycles. The molecule has 1 aliphatic heterocycles.